The molecule has 2 saturated heterocycles. The van der Waals surface area contributed by atoms with E-state index in [0.29, 0.717) is 113 Å². The largest absolute Gasteiger partial charge is 0.487 e. The molecule has 17 nitrogen and oxygen atoms in total. The van der Waals surface area contributed by atoms with E-state index in [2.05, 4.69) is 41.0 Å². The molecular formula is C41H56N10O7. The molecule has 0 spiro atoms. The maximum atomic E-state index is 9.74. The van der Waals surface area contributed by atoms with Gasteiger partial charge < -0.3 is 38.5 Å². The SMILES string of the molecule is COCCOCCOCCOCCCOc1nn([C@H]2CC[C@H](N3[C@@H]4CC[C@H]3COC4)CC2)cc1Nc1ncc(-c2ccc(C#N)c(O[C@@H](C)Cn3cncn3)c2)cn1. The third-order valence-corrected chi connectivity index (χ3v) is 10.9. The zero-order valence-electron chi connectivity index (χ0n) is 33.6. The average molecular weight is 801 g/mol. The molecule has 1 N–H and O–H groups in total. The minimum absolute atomic E-state index is 0.242. The lowest BCUT2D eigenvalue weighted by atomic mass is 9.89. The molecule has 0 amide bonds. The van der Waals surface area contributed by atoms with Gasteiger partial charge in [0.1, 0.15) is 36.3 Å². The Kier molecular flexibility index (Phi) is 15.3. The Morgan fingerprint density at radius 2 is 1.55 bits per heavy atom. The zero-order valence-corrected chi connectivity index (χ0v) is 33.6. The Morgan fingerprint density at radius 1 is 0.862 bits per heavy atom. The van der Waals surface area contributed by atoms with Crippen LogP contribution in [0.15, 0.2) is 49.4 Å². The number of benzene rings is 1. The van der Waals surface area contributed by atoms with E-state index in [4.69, 9.17) is 38.3 Å². The summed E-state index contributed by atoms with van der Waals surface area (Å²) in [6.07, 6.45) is 16.0. The van der Waals surface area contributed by atoms with E-state index in [1.54, 1.807) is 36.6 Å². The predicted molar refractivity (Wildman–Crippen MR) is 213 cm³/mol. The highest BCUT2D eigenvalue weighted by Gasteiger charge is 2.42. The average Bonchev–Trinajstić information content (AvgIpc) is 3.97. The third kappa shape index (κ3) is 11.3. The molecule has 3 aliphatic rings. The Bertz CT molecular complexity index is 1850. The van der Waals surface area contributed by atoms with Gasteiger partial charge in [0.15, 0.2) is 0 Å². The molecule has 2 bridgehead atoms. The summed E-state index contributed by atoms with van der Waals surface area (Å²) in [5.41, 5.74) is 2.75. The molecule has 1 aliphatic carbocycles. The van der Waals surface area contributed by atoms with Gasteiger partial charge in [-0.15, -0.1) is 5.10 Å². The smallest absolute Gasteiger partial charge is 0.256 e. The number of morpholine rings is 1. The van der Waals surface area contributed by atoms with Crippen molar-refractivity contribution < 1.29 is 33.2 Å². The molecule has 3 aromatic heterocycles. The lowest BCUT2D eigenvalue weighted by molar-refractivity contribution is -0.0458. The lowest BCUT2D eigenvalue weighted by Gasteiger charge is -2.43. The van der Waals surface area contributed by atoms with Crippen LogP contribution in [0, 0.1) is 11.3 Å². The van der Waals surface area contributed by atoms with Crippen molar-refractivity contribution in [2.24, 2.45) is 0 Å². The number of fused-ring (bicyclic) bond motifs is 2. The van der Waals surface area contributed by atoms with Gasteiger partial charge in [0, 0.05) is 56.2 Å². The number of nitrogens with zero attached hydrogens (tertiary/aromatic N) is 9. The molecule has 4 aromatic rings. The van der Waals surface area contributed by atoms with E-state index in [1.807, 2.05) is 25.3 Å². The van der Waals surface area contributed by atoms with E-state index < -0.39 is 0 Å². The first-order chi connectivity index (χ1) is 28.6. The Morgan fingerprint density at radius 3 is 2.24 bits per heavy atom. The number of ether oxygens (including phenoxy) is 7. The van der Waals surface area contributed by atoms with Crippen molar-refractivity contribution in [2.75, 3.05) is 78.5 Å². The topological polar surface area (TPSA) is 178 Å². The van der Waals surface area contributed by atoms with Crippen LogP contribution in [0.4, 0.5) is 11.6 Å². The van der Waals surface area contributed by atoms with Gasteiger partial charge in [-0.3, -0.25) is 9.58 Å². The first-order valence-corrected chi connectivity index (χ1v) is 20.5. The lowest BCUT2D eigenvalue weighted by Crippen LogP contribution is -2.52. The van der Waals surface area contributed by atoms with Crippen molar-refractivity contribution in [1.29, 1.82) is 5.26 Å². The highest BCUT2D eigenvalue weighted by molar-refractivity contribution is 5.67. The van der Waals surface area contributed by atoms with E-state index >= 15 is 0 Å². The quantitative estimate of drug-likeness (QED) is 0.101. The summed E-state index contributed by atoms with van der Waals surface area (Å²) < 4.78 is 43.7. The fourth-order valence-electron chi connectivity index (χ4n) is 8.04. The first-order valence-electron chi connectivity index (χ1n) is 20.5. The van der Waals surface area contributed by atoms with Gasteiger partial charge in [0.25, 0.3) is 5.88 Å². The van der Waals surface area contributed by atoms with Gasteiger partial charge in [-0.1, -0.05) is 6.07 Å². The minimum atomic E-state index is -0.242. The molecule has 3 atom stereocenters. The second-order valence-corrected chi connectivity index (χ2v) is 15.0. The van der Waals surface area contributed by atoms with E-state index in [-0.39, 0.29) is 12.1 Å². The normalized spacial score (nSPS) is 21.1. The fourth-order valence-corrected chi connectivity index (χ4v) is 8.04. The number of rotatable bonds is 23. The van der Waals surface area contributed by atoms with Gasteiger partial charge in [0.2, 0.25) is 5.95 Å². The highest BCUT2D eigenvalue weighted by Crippen LogP contribution is 2.39. The van der Waals surface area contributed by atoms with Crippen molar-refractivity contribution >= 4 is 11.6 Å². The molecule has 0 radical (unpaired) electrons. The van der Waals surface area contributed by atoms with Crippen LogP contribution in [-0.4, -0.2) is 137 Å². The summed E-state index contributed by atoms with van der Waals surface area (Å²) in [6, 6.07) is 9.70. The van der Waals surface area contributed by atoms with Crippen LogP contribution in [0.3, 0.4) is 0 Å². The van der Waals surface area contributed by atoms with Gasteiger partial charge in [0.05, 0.1) is 83.8 Å². The second kappa shape index (κ2) is 21.3. The summed E-state index contributed by atoms with van der Waals surface area (Å²) >= 11 is 0. The molecule has 1 saturated carbocycles. The molecule has 2 aliphatic heterocycles. The predicted octanol–water partition coefficient (Wildman–Crippen LogP) is 4.83. The molecule has 3 fully saturated rings. The third-order valence-electron chi connectivity index (χ3n) is 10.9. The van der Waals surface area contributed by atoms with Crippen molar-refractivity contribution in [3.63, 3.8) is 0 Å². The molecule has 312 valence electrons. The number of nitriles is 1. The van der Waals surface area contributed by atoms with Crippen LogP contribution in [0.5, 0.6) is 11.6 Å². The van der Waals surface area contributed by atoms with Gasteiger partial charge in [-0.05, 0) is 63.1 Å². The van der Waals surface area contributed by atoms with Crippen LogP contribution >= 0.6 is 0 Å². The molecule has 5 heterocycles. The maximum Gasteiger partial charge on any atom is 0.256 e. The summed E-state index contributed by atoms with van der Waals surface area (Å²) in [4.78, 5) is 16.1. The summed E-state index contributed by atoms with van der Waals surface area (Å²) in [7, 11) is 1.65. The van der Waals surface area contributed by atoms with E-state index in [9.17, 15) is 5.26 Å². The number of nitrogens with one attached hydrogen (secondary N) is 1. The molecule has 7 rings (SSSR count). The standard InChI is InChI=1S/C41H56N10O7/c1-30(24-49-29-43-28-46-49)58-39-20-31(4-5-32(39)21-42)33-22-44-41(45-23-33)47-38-25-50(34-6-8-35(9-7-34)51-36-10-11-37(51)27-56-26-36)48-40(38)57-13-3-12-53-16-17-55-19-18-54-15-14-52-2/h4-5,20,22-23,25,28-30,34-37H,3,6-19,24,26-27H2,1-2H3,(H,44,45,47)/t30-,34-,35-,36-,37+/m0/s1. The fraction of sp³-hybridized carbons (Fsp3) is 0.610. The van der Waals surface area contributed by atoms with Crippen LogP contribution in [0.2, 0.25) is 0 Å². The van der Waals surface area contributed by atoms with Gasteiger partial charge in [-0.2, -0.15) is 10.4 Å². The van der Waals surface area contributed by atoms with Crippen molar-refractivity contribution in [1.82, 2.24) is 39.4 Å². The monoisotopic (exact) mass is 800 g/mol. The number of anilines is 2. The summed E-state index contributed by atoms with van der Waals surface area (Å²) in [6.45, 7) is 8.33. The number of hydrogen-bond acceptors (Lipinski definition) is 15. The van der Waals surface area contributed by atoms with Crippen LogP contribution < -0.4 is 14.8 Å². The molecule has 1 aromatic carbocycles. The summed E-state index contributed by atoms with van der Waals surface area (Å²) in [5.74, 6) is 1.40. The second-order valence-electron chi connectivity index (χ2n) is 15.0. The van der Waals surface area contributed by atoms with Gasteiger partial charge >= 0.3 is 0 Å². The van der Waals surface area contributed by atoms with Crippen LogP contribution in [0.25, 0.3) is 11.1 Å². The van der Waals surface area contributed by atoms with E-state index in [1.165, 1.54) is 19.2 Å². The van der Waals surface area contributed by atoms with Crippen molar-refractivity contribution in [3.8, 4) is 28.8 Å². The Balaban J connectivity index is 0.956. The van der Waals surface area contributed by atoms with Crippen LogP contribution in [0.1, 0.15) is 63.5 Å². The van der Waals surface area contributed by atoms with Crippen molar-refractivity contribution in [3.05, 3.63) is 55.0 Å². The van der Waals surface area contributed by atoms with Gasteiger partial charge in [-0.25, -0.2) is 19.6 Å². The maximum absolute atomic E-state index is 9.74. The van der Waals surface area contributed by atoms with E-state index in [0.717, 1.165) is 50.0 Å². The number of methoxy groups -OCH3 is 1. The van der Waals surface area contributed by atoms with Crippen LogP contribution in [-0.2, 0) is 30.2 Å². The molecule has 58 heavy (non-hydrogen) atoms. The Labute approximate surface area is 339 Å². The Hall–Kier alpha value is -4.70. The first kappa shape index (κ1) is 41.5. The van der Waals surface area contributed by atoms with Crippen molar-refractivity contribution in [2.45, 2.75) is 88.7 Å². The summed E-state index contributed by atoms with van der Waals surface area (Å²) in [5, 5.41) is 22.2. The molecule has 0 unspecified atom stereocenters. The number of hydrogen-bond donors (Lipinski definition) is 1. The number of aromatic nitrogens is 7. The zero-order chi connectivity index (χ0) is 39.9. The highest BCUT2D eigenvalue weighted by atomic mass is 16.6. The minimum Gasteiger partial charge on any atom is -0.487 e. The molecular weight excluding hydrogens is 745 g/mol. The molecule has 17 heteroatoms.